The summed E-state index contributed by atoms with van der Waals surface area (Å²) < 4.78 is 0. The third kappa shape index (κ3) is 7.10. The number of hydrogen-bond acceptors (Lipinski definition) is 4. The maximum atomic E-state index is 10.1. The summed E-state index contributed by atoms with van der Waals surface area (Å²) in [6, 6.07) is 10.6. The maximum absolute atomic E-state index is 10.1. The van der Waals surface area contributed by atoms with E-state index in [-0.39, 0.29) is 39.1 Å². The van der Waals surface area contributed by atoms with E-state index in [9.17, 15) is 10.2 Å². The normalized spacial score (nSPS) is 8.59. The van der Waals surface area contributed by atoms with E-state index in [1.165, 1.54) is 0 Å². The Bertz CT molecular complexity index is 345. The zero-order chi connectivity index (χ0) is 11.6. The summed E-state index contributed by atoms with van der Waals surface area (Å²) in [5.74, 6) is 0. The molecular formula is C12H12HfN2O2. The van der Waals surface area contributed by atoms with Crippen LogP contribution in [0.15, 0.2) is 48.8 Å². The molecule has 0 aliphatic carbocycles. The van der Waals surface area contributed by atoms with Gasteiger partial charge in [0.1, 0.15) is 0 Å². The van der Waals surface area contributed by atoms with Crippen LogP contribution in [0.3, 0.4) is 0 Å². The minimum Gasteiger partial charge on any atom is -0.850 e. The Morgan fingerprint density at radius 1 is 0.765 bits per heavy atom. The van der Waals surface area contributed by atoms with Gasteiger partial charge in [-0.15, -0.1) is 0 Å². The molecule has 4 nitrogen and oxygen atoms in total. The molecular weight excluding hydrogens is 383 g/mol. The minimum absolute atomic E-state index is 0. The Balaban J connectivity index is 0.000000284. The molecule has 2 aromatic rings. The van der Waals surface area contributed by atoms with Crippen LogP contribution in [0.2, 0.25) is 0 Å². The molecule has 0 aliphatic rings. The van der Waals surface area contributed by atoms with Gasteiger partial charge < -0.3 is 10.2 Å². The van der Waals surface area contributed by atoms with Gasteiger partial charge in [0.05, 0.1) is 0 Å². The fourth-order valence-electron chi connectivity index (χ4n) is 0.967. The fourth-order valence-corrected chi connectivity index (χ4v) is 0.967. The molecule has 2 aromatic heterocycles. The molecule has 0 saturated heterocycles. The molecule has 0 spiro atoms. The second kappa shape index (κ2) is 10.3. The average molecular weight is 395 g/mol. The third-order valence-corrected chi connectivity index (χ3v) is 1.75. The van der Waals surface area contributed by atoms with Crippen molar-refractivity contribution in [2.45, 2.75) is 13.2 Å². The molecule has 0 saturated carbocycles. The standard InChI is InChI=1S/2C6H6NO.Hf/c2*8-5-6-3-1-2-4-7-6;/h2*1-4H,5H2;/q2*-1;+2. The quantitative estimate of drug-likeness (QED) is 0.666. The number of aromatic nitrogens is 2. The van der Waals surface area contributed by atoms with Crippen molar-refractivity contribution >= 4 is 0 Å². The SMILES string of the molecule is [Hf+2].[O-]Cc1ccccn1.[O-]Cc1ccccn1. The zero-order valence-electron chi connectivity index (χ0n) is 9.24. The summed E-state index contributed by atoms with van der Waals surface area (Å²) in [6.07, 6.45) is 3.24. The van der Waals surface area contributed by atoms with Crippen LogP contribution in [0.25, 0.3) is 0 Å². The molecule has 0 N–H and O–H groups in total. The molecule has 0 radical (unpaired) electrons. The molecule has 2 rings (SSSR count). The van der Waals surface area contributed by atoms with Crippen LogP contribution in [0.1, 0.15) is 11.4 Å². The number of hydrogen-bond donors (Lipinski definition) is 0. The number of nitrogens with zero attached hydrogens (tertiary/aromatic N) is 2. The van der Waals surface area contributed by atoms with E-state index in [0.29, 0.717) is 11.4 Å². The van der Waals surface area contributed by atoms with E-state index >= 15 is 0 Å². The van der Waals surface area contributed by atoms with Crippen molar-refractivity contribution in [1.29, 1.82) is 0 Å². The molecule has 0 fully saturated rings. The van der Waals surface area contributed by atoms with Crippen LogP contribution >= 0.6 is 0 Å². The molecule has 5 heteroatoms. The van der Waals surface area contributed by atoms with Gasteiger partial charge in [-0.2, -0.15) is 0 Å². The molecule has 86 valence electrons. The number of pyridine rings is 2. The molecule has 0 aromatic carbocycles. The van der Waals surface area contributed by atoms with Crippen molar-refractivity contribution in [2.75, 3.05) is 0 Å². The summed E-state index contributed by atoms with van der Waals surface area (Å²) in [6.45, 7) is -0.443. The van der Waals surface area contributed by atoms with Crippen molar-refractivity contribution in [3.05, 3.63) is 60.2 Å². The third-order valence-electron chi connectivity index (χ3n) is 1.75. The Hall–Kier alpha value is -0.910. The van der Waals surface area contributed by atoms with Gasteiger partial charge in [0, 0.05) is 23.8 Å². The maximum Gasteiger partial charge on any atom is 2.00 e. The van der Waals surface area contributed by atoms with Crippen molar-refractivity contribution in [1.82, 2.24) is 9.97 Å². The Labute approximate surface area is 119 Å². The fraction of sp³-hybridized carbons (Fsp3) is 0.167. The van der Waals surface area contributed by atoms with Crippen molar-refractivity contribution in [3.8, 4) is 0 Å². The smallest absolute Gasteiger partial charge is 0.850 e. The van der Waals surface area contributed by atoms with Crippen molar-refractivity contribution in [2.24, 2.45) is 0 Å². The summed E-state index contributed by atoms with van der Waals surface area (Å²) in [5.41, 5.74) is 1.21. The Morgan fingerprint density at radius 2 is 1.18 bits per heavy atom. The molecule has 0 amide bonds. The van der Waals surface area contributed by atoms with Gasteiger partial charge in [-0.05, 0) is 24.3 Å². The van der Waals surface area contributed by atoms with E-state index in [1.54, 1.807) is 48.8 Å². The van der Waals surface area contributed by atoms with Gasteiger partial charge in [-0.1, -0.05) is 25.3 Å². The summed E-state index contributed by atoms with van der Waals surface area (Å²) >= 11 is 0. The molecule has 17 heavy (non-hydrogen) atoms. The predicted molar refractivity (Wildman–Crippen MR) is 55.9 cm³/mol. The van der Waals surface area contributed by atoms with Crippen molar-refractivity contribution in [3.63, 3.8) is 0 Å². The summed E-state index contributed by atoms with van der Waals surface area (Å²) in [4.78, 5) is 7.57. The van der Waals surface area contributed by atoms with E-state index < -0.39 is 0 Å². The first-order chi connectivity index (χ1) is 7.86. The van der Waals surface area contributed by atoms with Gasteiger partial charge >= 0.3 is 25.8 Å². The average Bonchev–Trinajstić information content (AvgIpc) is 2.41. The van der Waals surface area contributed by atoms with Gasteiger partial charge in [0.25, 0.3) is 0 Å². The molecule has 0 unspecified atom stereocenters. The van der Waals surface area contributed by atoms with Crippen LogP contribution in [0, 0.1) is 0 Å². The second-order valence-corrected chi connectivity index (χ2v) is 2.93. The Kier molecular flexibility index (Phi) is 9.71. The van der Waals surface area contributed by atoms with E-state index in [2.05, 4.69) is 9.97 Å². The van der Waals surface area contributed by atoms with Gasteiger partial charge in [0.2, 0.25) is 0 Å². The number of rotatable bonds is 2. The van der Waals surface area contributed by atoms with E-state index in [0.717, 1.165) is 0 Å². The summed E-state index contributed by atoms with van der Waals surface area (Å²) in [5, 5.41) is 20.1. The topological polar surface area (TPSA) is 71.9 Å². The van der Waals surface area contributed by atoms with Crippen LogP contribution in [-0.4, -0.2) is 9.97 Å². The molecule has 0 aliphatic heterocycles. The van der Waals surface area contributed by atoms with E-state index in [1.807, 2.05) is 0 Å². The zero-order valence-corrected chi connectivity index (χ0v) is 12.8. The monoisotopic (exact) mass is 396 g/mol. The molecule has 0 bridgehead atoms. The first-order valence-corrected chi connectivity index (χ1v) is 4.83. The first kappa shape index (κ1) is 16.1. The molecule has 0 atom stereocenters. The Morgan fingerprint density at radius 3 is 1.35 bits per heavy atom. The van der Waals surface area contributed by atoms with Crippen LogP contribution in [-0.2, 0) is 39.1 Å². The predicted octanol–water partition coefficient (Wildman–Crippen LogP) is -0.119. The van der Waals surface area contributed by atoms with Crippen LogP contribution in [0.5, 0.6) is 0 Å². The van der Waals surface area contributed by atoms with Crippen LogP contribution in [0.4, 0.5) is 0 Å². The largest absolute Gasteiger partial charge is 2.00 e. The van der Waals surface area contributed by atoms with E-state index in [4.69, 9.17) is 0 Å². The van der Waals surface area contributed by atoms with Gasteiger partial charge in [-0.25, -0.2) is 0 Å². The van der Waals surface area contributed by atoms with Gasteiger partial charge in [0.15, 0.2) is 0 Å². The van der Waals surface area contributed by atoms with Gasteiger partial charge in [-0.3, -0.25) is 9.97 Å². The molecule has 2 heterocycles. The second-order valence-electron chi connectivity index (χ2n) is 2.93. The minimum atomic E-state index is -0.221. The summed E-state index contributed by atoms with van der Waals surface area (Å²) in [7, 11) is 0. The van der Waals surface area contributed by atoms with Crippen molar-refractivity contribution < 1.29 is 36.1 Å². The first-order valence-electron chi connectivity index (χ1n) is 4.83. The van der Waals surface area contributed by atoms with Crippen LogP contribution < -0.4 is 10.2 Å².